The Bertz CT molecular complexity index is 1230. The number of amides is 1. The molecule has 1 amide bonds. The first kappa shape index (κ1) is 23.6. The molecule has 0 fully saturated rings. The zero-order valence-corrected chi connectivity index (χ0v) is 20.3. The summed E-state index contributed by atoms with van der Waals surface area (Å²) in [4.78, 5) is 16.7. The van der Waals surface area contributed by atoms with Crippen LogP contribution in [0, 0.1) is 0 Å². The van der Waals surface area contributed by atoms with Crippen molar-refractivity contribution in [1.82, 2.24) is 10.3 Å². The molecule has 176 valence electrons. The Balaban J connectivity index is 1.56. The molecule has 2 unspecified atom stereocenters. The Hall–Kier alpha value is -3.53. The first-order chi connectivity index (χ1) is 16.6. The highest BCUT2D eigenvalue weighted by atomic mass is 16.5. The quantitative estimate of drug-likeness (QED) is 0.291. The van der Waals surface area contributed by atoms with Crippen LogP contribution in [0.15, 0.2) is 79.0 Å². The molecule has 0 spiro atoms. The highest BCUT2D eigenvalue weighted by Crippen LogP contribution is 2.35. The minimum atomic E-state index is -0.0720. The van der Waals surface area contributed by atoms with E-state index in [1.54, 1.807) is 7.11 Å². The smallest absolute Gasteiger partial charge is 0.221 e. The Morgan fingerprint density at radius 1 is 1.03 bits per heavy atom. The Morgan fingerprint density at radius 3 is 2.59 bits per heavy atom. The van der Waals surface area contributed by atoms with E-state index in [1.165, 1.54) is 16.5 Å². The van der Waals surface area contributed by atoms with Crippen molar-refractivity contribution >= 4 is 16.8 Å². The lowest BCUT2D eigenvalue weighted by atomic mass is 9.87. The first-order valence-electron chi connectivity index (χ1n) is 12.1. The van der Waals surface area contributed by atoms with Gasteiger partial charge >= 0.3 is 0 Å². The summed E-state index contributed by atoms with van der Waals surface area (Å²) >= 11 is 0. The third kappa shape index (κ3) is 5.51. The van der Waals surface area contributed by atoms with Gasteiger partial charge < -0.3 is 15.0 Å². The second-order valence-corrected chi connectivity index (χ2v) is 8.96. The van der Waals surface area contributed by atoms with Gasteiger partial charge in [-0.3, -0.25) is 4.79 Å². The fourth-order valence-electron chi connectivity index (χ4n) is 4.71. The van der Waals surface area contributed by atoms with E-state index in [2.05, 4.69) is 78.9 Å². The van der Waals surface area contributed by atoms with Crippen molar-refractivity contribution in [2.45, 2.75) is 51.5 Å². The van der Waals surface area contributed by atoms with Crippen molar-refractivity contribution in [3.63, 3.8) is 0 Å². The summed E-state index contributed by atoms with van der Waals surface area (Å²) in [6.45, 7) is 4.25. The fourth-order valence-corrected chi connectivity index (χ4v) is 4.71. The molecule has 2 N–H and O–H groups in total. The largest absolute Gasteiger partial charge is 0.497 e. The summed E-state index contributed by atoms with van der Waals surface area (Å²) in [5, 5.41) is 4.41. The monoisotopic (exact) mass is 454 g/mol. The van der Waals surface area contributed by atoms with E-state index in [0.29, 0.717) is 6.42 Å². The summed E-state index contributed by atoms with van der Waals surface area (Å²) in [5.74, 6) is 0.792. The molecule has 0 saturated carbocycles. The number of benzene rings is 3. The lowest BCUT2D eigenvalue weighted by Gasteiger charge is -2.20. The summed E-state index contributed by atoms with van der Waals surface area (Å²) in [5.41, 5.74) is 5.96. The maximum atomic E-state index is 13.2. The molecule has 0 aliphatic carbocycles. The van der Waals surface area contributed by atoms with Crippen molar-refractivity contribution in [3.05, 3.63) is 101 Å². The van der Waals surface area contributed by atoms with E-state index < -0.39 is 0 Å². The minimum absolute atomic E-state index is 0.0642. The van der Waals surface area contributed by atoms with Gasteiger partial charge in [0, 0.05) is 35.5 Å². The van der Waals surface area contributed by atoms with Gasteiger partial charge in [0.2, 0.25) is 5.91 Å². The lowest BCUT2D eigenvalue weighted by Crippen LogP contribution is -2.33. The van der Waals surface area contributed by atoms with Gasteiger partial charge in [0.1, 0.15) is 5.75 Å². The number of aromatic amines is 1. The number of carbonyl (C=O) groups excluding carboxylic acids is 1. The number of aryl methyl sites for hydroxylation is 2. The van der Waals surface area contributed by atoms with Crippen molar-refractivity contribution in [3.8, 4) is 5.75 Å². The Labute approximate surface area is 202 Å². The summed E-state index contributed by atoms with van der Waals surface area (Å²) in [6.07, 6.45) is 5.27. The topological polar surface area (TPSA) is 54.1 Å². The SMILES string of the molecule is CCc1cccc2c(C(CC(=O)NC(C)CCc3ccccc3)c3cccc(OC)c3)c[nH]c12. The molecule has 0 radical (unpaired) electrons. The zero-order chi connectivity index (χ0) is 23.9. The van der Waals surface area contributed by atoms with Crippen LogP contribution in [0.1, 0.15) is 54.9 Å². The van der Waals surface area contributed by atoms with Gasteiger partial charge in [-0.2, -0.15) is 0 Å². The van der Waals surface area contributed by atoms with Crippen LogP contribution in [0.3, 0.4) is 0 Å². The standard InChI is InChI=1S/C30H34N2O2/c1-4-23-12-9-15-26-28(20-31-30(23)26)27(24-13-8-14-25(18-24)34-3)19-29(33)32-21(2)16-17-22-10-6-5-7-11-22/h5-15,18,20-21,27,31H,4,16-17,19H2,1-3H3,(H,32,33). The van der Waals surface area contributed by atoms with Gasteiger partial charge in [0.15, 0.2) is 0 Å². The number of methoxy groups -OCH3 is 1. The molecule has 1 aromatic heterocycles. The van der Waals surface area contributed by atoms with Crippen LogP contribution in [0.5, 0.6) is 5.75 Å². The van der Waals surface area contributed by atoms with Crippen molar-refractivity contribution in [2.75, 3.05) is 7.11 Å². The van der Waals surface area contributed by atoms with Crippen molar-refractivity contribution in [1.29, 1.82) is 0 Å². The van der Waals surface area contributed by atoms with Crippen LogP contribution in [0.2, 0.25) is 0 Å². The van der Waals surface area contributed by atoms with E-state index >= 15 is 0 Å². The number of hydrogen-bond acceptors (Lipinski definition) is 2. The van der Waals surface area contributed by atoms with Crippen LogP contribution in [-0.4, -0.2) is 24.0 Å². The maximum absolute atomic E-state index is 13.2. The van der Waals surface area contributed by atoms with Gasteiger partial charge in [0.25, 0.3) is 0 Å². The second-order valence-electron chi connectivity index (χ2n) is 8.96. The molecule has 0 saturated heterocycles. The molecule has 4 aromatic rings. The Morgan fingerprint density at radius 2 is 1.82 bits per heavy atom. The van der Waals surface area contributed by atoms with Gasteiger partial charge in [-0.25, -0.2) is 0 Å². The molecule has 3 aromatic carbocycles. The number of rotatable bonds is 10. The second kappa shape index (κ2) is 11.1. The van der Waals surface area contributed by atoms with Gasteiger partial charge in [-0.05, 0) is 60.6 Å². The van der Waals surface area contributed by atoms with E-state index in [1.807, 2.05) is 24.3 Å². The minimum Gasteiger partial charge on any atom is -0.497 e. The van der Waals surface area contributed by atoms with E-state index in [4.69, 9.17) is 4.74 Å². The maximum Gasteiger partial charge on any atom is 0.221 e. The normalized spacial score (nSPS) is 12.9. The molecular formula is C30H34N2O2. The van der Waals surface area contributed by atoms with Crippen LogP contribution in [-0.2, 0) is 17.6 Å². The number of ether oxygens (including phenoxy) is 1. The van der Waals surface area contributed by atoms with Crippen molar-refractivity contribution in [2.24, 2.45) is 0 Å². The van der Waals surface area contributed by atoms with Crippen LogP contribution >= 0.6 is 0 Å². The van der Waals surface area contributed by atoms with Crippen LogP contribution in [0.4, 0.5) is 0 Å². The molecule has 0 aliphatic heterocycles. The number of para-hydroxylation sites is 1. The molecule has 0 bridgehead atoms. The van der Waals surface area contributed by atoms with E-state index in [9.17, 15) is 4.79 Å². The average Bonchev–Trinajstić information content (AvgIpc) is 3.31. The molecule has 2 atom stereocenters. The van der Waals surface area contributed by atoms with Crippen LogP contribution in [0.25, 0.3) is 10.9 Å². The van der Waals surface area contributed by atoms with Crippen molar-refractivity contribution < 1.29 is 9.53 Å². The number of nitrogens with one attached hydrogen (secondary N) is 2. The van der Waals surface area contributed by atoms with E-state index in [-0.39, 0.29) is 17.9 Å². The zero-order valence-electron chi connectivity index (χ0n) is 20.3. The van der Waals surface area contributed by atoms with Gasteiger partial charge in [-0.15, -0.1) is 0 Å². The highest BCUT2D eigenvalue weighted by molar-refractivity contribution is 5.88. The Kier molecular flexibility index (Phi) is 7.69. The molecule has 4 rings (SSSR count). The highest BCUT2D eigenvalue weighted by Gasteiger charge is 2.23. The average molecular weight is 455 g/mol. The molecule has 4 heteroatoms. The van der Waals surface area contributed by atoms with E-state index in [0.717, 1.165) is 41.7 Å². The fraction of sp³-hybridized carbons (Fsp3) is 0.300. The molecule has 34 heavy (non-hydrogen) atoms. The summed E-state index contributed by atoms with van der Waals surface area (Å²) in [6, 6.07) is 25.0. The molecule has 0 aliphatic rings. The predicted octanol–water partition coefficient (Wildman–Crippen LogP) is 6.40. The number of fused-ring (bicyclic) bond motifs is 1. The number of H-pyrrole nitrogens is 1. The number of aromatic nitrogens is 1. The lowest BCUT2D eigenvalue weighted by molar-refractivity contribution is -0.121. The summed E-state index contributed by atoms with van der Waals surface area (Å²) in [7, 11) is 1.68. The van der Waals surface area contributed by atoms with Gasteiger partial charge in [-0.1, -0.05) is 67.6 Å². The van der Waals surface area contributed by atoms with Crippen LogP contribution < -0.4 is 10.1 Å². The number of hydrogen-bond donors (Lipinski definition) is 2. The first-order valence-corrected chi connectivity index (χ1v) is 12.1. The van der Waals surface area contributed by atoms with Gasteiger partial charge in [0.05, 0.1) is 7.11 Å². The third-order valence-electron chi connectivity index (χ3n) is 6.59. The predicted molar refractivity (Wildman–Crippen MR) is 139 cm³/mol. The molecular weight excluding hydrogens is 420 g/mol. The molecule has 4 nitrogen and oxygen atoms in total. The number of carbonyl (C=O) groups is 1. The summed E-state index contributed by atoms with van der Waals surface area (Å²) < 4.78 is 5.48. The third-order valence-corrected chi connectivity index (χ3v) is 6.59. The molecule has 1 heterocycles.